The number of nitrogens with zero attached hydrogens (tertiary/aromatic N) is 4. The second kappa shape index (κ2) is 8.01. The molecule has 0 fully saturated rings. The molecule has 136 valence electrons. The van der Waals surface area contributed by atoms with E-state index in [1.165, 1.54) is 0 Å². The van der Waals surface area contributed by atoms with Gasteiger partial charge < -0.3 is 18.9 Å². The van der Waals surface area contributed by atoms with Crippen LogP contribution in [0.25, 0.3) is 5.65 Å². The summed E-state index contributed by atoms with van der Waals surface area (Å²) in [6, 6.07) is 13.5. The van der Waals surface area contributed by atoms with E-state index in [1.807, 2.05) is 72.1 Å². The summed E-state index contributed by atoms with van der Waals surface area (Å²) >= 11 is 0. The van der Waals surface area contributed by atoms with Gasteiger partial charge in [0.2, 0.25) is 0 Å². The zero-order valence-corrected chi connectivity index (χ0v) is 15.4. The van der Waals surface area contributed by atoms with Gasteiger partial charge in [-0.1, -0.05) is 18.2 Å². The number of aromatic nitrogens is 2. The van der Waals surface area contributed by atoms with Crippen molar-refractivity contribution in [2.24, 2.45) is 0 Å². The number of likely N-dealkylation sites (N-methyl/N-ethyl adjacent to an activating group) is 1. The third kappa shape index (κ3) is 4.21. The van der Waals surface area contributed by atoms with Crippen LogP contribution in [0.2, 0.25) is 0 Å². The molecule has 0 bridgehead atoms. The predicted molar refractivity (Wildman–Crippen MR) is 101 cm³/mol. The van der Waals surface area contributed by atoms with E-state index < -0.39 is 0 Å². The van der Waals surface area contributed by atoms with Gasteiger partial charge in [-0.15, -0.1) is 0 Å². The van der Waals surface area contributed by atoms with Crippen LogP contribution in [-0.4, -0.2) is 59.4 Å². The van der Waals surface area contributed by atoms with Crippen molar-refractivity contribution in [3.8, 4) is 5.75 Å². The highest BCUT2D eigenvalue weighted by atomic mass is 16.5. The molecule has 2 heterocycles. The van der Waals surface area contributed by atoms with Crippen molar-refractivity contribution < 1.29 is 9.53 Å². The summed E-state index contributed by atoms with van der Waals surface area (Å²) in [5, 5.41) is 0. The number of hydrogen-bond acceptors (Lipinski definition) is 4. The average Bonchev–Trinajstić information content (AvgIpc) is 3.08. The standard InChI is InChI=1S/C20H24N4O2/c1-22(2)11-12-24(14-16-7-6-8-17(13-16)26-3)20(25)18-15-23-10-5-4-9-19(23)21-18/h4-10,13,15H,11-12,14H2,1-3H3. The number of carbonyl (C=O) groups excluding carboxylic acids is 1. The normalized spacial score (nSPS) is 11.1. The Bertz CT molecular complexity index is 855. The first-order chi connectivity index (χ1) is 12.6. The van der Waals surface area contributed by atoms with E-state index in [1.54, 1.807) is 13.3 Å². The van der Waals surface area contributed by atoms with Crippen molar-refractivity contribution in [1.29, 1.82) is 0 Å². The number of fused-ring (bicyclic) bond motifs is 1. The maximum absolute atomic E-state index is 13.1. The summed E-state index contributed by atoms with van der Waals surface area (Å²) < 4.78 is 7.16. The van der Waals surface area contributed by atoms with Crippen LogP contribution in [0.4, 0.5) is 0 Å². The fourth-order valence-corrected chi connectivity index (χ4v) is 2.76. The van der Waals surface area contributed by atoms with Gasteiger partial charge in [0.1, 0.15) is 17.1 Å². The molecule has 0 aliphatic carbocycles. The summed E-state index contributed by atoms with van der Waals surface area (Å²) in [6.07, 6.45) is 3.68. The number of pyridine rings is 1. The first-order valence-corrected chi connectivity index (χ1v) is 8.57. The molecule has 0 saturated carbocycles. The molecule has 0 atom stereocenters. The van der Waals surface area contributed by atoms with Gasteiger partial charge >= 0.3 is 0 Å². The van der Waals surface area contributed by atoms with Crippen LogP contribution in [-0.2, 0) is 6.54 Å². The Morgan fingerprint density at radius 2 is 2.00 bits per heavy atom. The van der Waals surface area contributed by atoms with Crippen molar-refractivity contribution in [2.75, 3.05) is 34.3 Å². The van der Waals surface area contributed by atoms with Crippen LogP contribution >= 0.6 is 0 Å². The highest BCUT2D eigenvalue weighted by Crippen LogP contribution is 2.16. The van der Waals surface area contributed by atoms with Crippen LogP contribution in [0.5, 0.6) is 5.75 Å². The minimum Gasteiger partial charge on any atom is -0.497 e. The quantitative estimate of drug-likeness (QED) is 0.656. The van der Waals surface area contributed by atoms with Crippen LogP contribution < -0.4 is 4.74 Å². The lowest BCUT2D eigenvalue weighted by Gasteiger charge is -2.24. The van der Waals surface area contributed by atoms with E-state index in [0.29, 0.717) is 18.8 Å². The third-order valence-electron chi connectivity index (χ3n) is 4.20. The number of imidazole rings is 1. The van der Waals surface area contributed by atoms with E-state index in [0.717, 1.165) is 23.5 Å². The topological polar surface area (TPSA) is 50.1 Å². The Morgan fingerprint density at radius 1 is 1.15 bits per heavy atom. The van der Waals surface area contributed by atoms with Gasteiger partial charge in [-0.2, -0.15) is 0 Å². The number of carbonyl (C=O) groups is 1. The second-order valence-corrected chi connectivity index (χ2v) is 6.47. The van der Waals surface area contributed by atoms with Crippen LogP contribution in [0.15, 0.2) is 54.9 Å². The van der Waals surface area contributed by atoms with Crippen molar-refractivity contribution >= 4 is 11.6 Å². The van der Waals surface area contributed by atoms with Gasteiger partial charge in [0.25, 0.3) is 5.91 Å². The molecule has 0 aliphatic rings. The smallest absolute Gasteiger partial charge is 0.274 e. The molecule has 0 spiro atoms. The summed E-state index contributed by atoms with van der Waals surface area (Å²) in [6.45, 7) is 1.91. The summed E-state index contributed by atoms with van der Waals surface area (Å²) in [5.41, 5.74) is 2.25. The SMILES string of the molecule is COc1cccc(CN(CCN(C)C)C(=O)c2cn3ccccc3n2)c1. The number of benzene rings is 1. The summed E-state index contributed by atoms with van der Waals surface area (Å²) in [4.78, 5) is 21.5. The molecular formula is C20H24N4O2. The maximum atomic E-state index is 13.1. The largest absolute Gasteiger partial charge is 0.497 e. The first kappa shape index (κ1) is 17.9. The fraction of sp³-hybridized carbons (Fsp3) is 0.300. The molecule has 0 unspecified atom stereocenters. The molecular weight excluding hydrogens is 328 g/mol. The van der Waals surface area contributed by atoms with Gasteiger partial charge in [0, 0.05) is 32.0 Å². The number of methoxy groups -OCH3 is 1. The van der Waals surface area contributed by atoms with E-state index in [4.69, 9.17) is 4.74 Å². The van der Waals surface area contributed by atoms with Crippen molar-refractivity contribution in [3.05, 3.63) is 66.1 Å². The lowest BCUT2D eigenvalue weighted by Crippen LogP contribution is -2.36. The fourth-order valence-electron chi connectivity index (χ4n) is 2.76. The molecule has 0 saturated heterocycles. The Labute approximate surface area is 153 Å². The Hall–Kier alpha value is -2.86. The lowest BCUT2D eigenvalue weighted by atomic mass is 10.2. The molecule has 0 radical (unpaired) electrons. The molecule has 0 N–H and O–H groups in total. The minimum atomic E-state index is -0.0710. The highest BCUT2D eigenvalue weighted by molar-refractivity contribution is 5.92. The van der Waals surface area contributed by atoms with E-state index >= 15 is 0 Å². The van der Waals surface area contributed by atoms with Gasteiger partial charge in [-0.3, -0.25) is 4.79 Å². The Kier molecular flexibility index (Phi) is 5.53. The molecule has 1 amide bonds. The predicted octanol–water partition coefficient (Wildman–Crippen LogP) is 2.55. The zero-order chi connectivity index (χ0) is 18.5. The molecule has 3 rings (SSSR count). The number of amides is 1. The van der Waals surface area contributed by atoms with Crippen LogP contribution in [0, 0.1) is 0 Å². The van der Waals surface area contributed by atoms with E-state index in [2.05, 4.69) is 9.88 Å². The van der Waals surface area contributed by atoms with Crippen LogP contribution in [0.1, 0.15) is 16.1 Å². The maximum Gasteiger partial charge on any atom is 0.274 e. The Balaban J connectivity index is 1.85. The van der Waals surface area contributed by atoms with Crippen LogP contribution in [0.3, 0.4) is 0 Å². The average molecular weight is 352 g/mol. The lowest BCUT2D eigenvalue weighted by molar-refractivity contribution is 0.0726. The second-order valence-electron chi connectivity index (χ2n) is 6.47. The number of ether oxygens (including phenoxy) is 1. The van der Waals surface area contributed by atoms with Crippen molar-refractivity contribution in [3.63, 3.8) is 0 Å². The molecule has 6 heteroatoms. The van der Waals surface area contributed by atoms with Crippen molar-refractivity contribution in [1.82, 2.24) is 19.2 Å². The molecule has 1 aromatic carbocycles. The van der Waals surface area contributed by atoms with E-state index in [9.17, 15) is 4.79 Å². The molecule has 3 aromatic rings. The van der Waals surface area contributed by atoms with Gasteiger partial charge in [0.05, 0.1) is 7.11 Å². The highest BCUT2D eigenvalue weighted by Gasteiger charge is 2.19. The molecule has 26 heavy (non-hydrogen) atoms. The van der Waals surface area contributed by atoms with Gasteiger partial charge in [-0.05, 0) is 43.9 Å². The van der Waals surface area contributed by atoms with E-state index in [-0.39, 0.29) is 5.91 Å². The molecule has 6 nitrogen and oxygen atoms in total. The number of rotatable bonds is 7. The third-order valence-corrected chi connectivity index (χ3v) is 4.20. The Morgan fingerprint density at radius 3 is 2.73 bits per heavy atom. The van der Waals surface area contributed by atoms with Gasteiger partial charge in [0.15, 0.2) is 0 Å². The number of hydrogen-bond donors (Lipinski definition) is 0. The van der Waals surface area contributed by atoms with Crippen molar-refractivity contribution in [2.45, 2.75) is 6.54 Å². The molecule has 0 aliphatic heterocycles. The van der Waals surface area contributed by atoms with Gasteiger partial charge in [-0.25, -0.2) is 4.98 Å². The zero-order valence-electron chi connectivity index (χ0n) is 15.4. The summed E-state index contributed by atoms with van der Waals surface area (Å²) in [7, 11) is 5.64. The summed E-state index contributed by atoms with van der Waals surface area (Å²) in [5.74, 6) is 0.716. The first-order valence-electron chi connectivity index (χ1n) is 8.57. The molecule has 2 aromatic heterocycles. The monoisotopic (exact) mass is 352 g/mol. The minimum absolute atomic E-state index is 0.0710.